The molecular formula is C12H13BrFNO2S. The van der Waals surface area contributed by atoms with Crippen LogP contribution in [0.15, 0.2) is 22.7 Å². The fourth-order valence-corrected chi connectivity index (χ4v) is 3.40. The van der Waals surface area contributed by atoms with Crippen LogP contribution < -0.4 is 5.32 Å². The van der Waals surface area contributed by atoms with E-state index in [9.17, 15) is 14.3 Å². The molecule has 1 atom stereocenters. The highest BCUT2D eigenvalue weighted by Gasteiger charge is 2.32. The molecule has 0 saturated carbocycles. The minimum atomic E-state index is -0.858. The summed E-state index contributed by atoms with van der Waals surface area (Å²) in [6.07, 6.45) is 0.652. The Balaban J connectivity index is 2.01. The molecule has 1 aromatic carbocycles. The van der Waals surface area contributed by atoms with Crippen molar-refractivity contribution in [3.05, 3.63) is 34.1 Å². The first-order chi connectivity index (χ1) is 8.50. The van der Waals surface area contributed by atoms with Gasteiger partial charge in [-0.05, 0) is 30.4 Å². The molecule has 1 heterocycles. The molecule has 1 amide bonds. The summed E-state index contributed by atoms with van der Waals surface area (Å²) in [5.41, 5.74) is -0.873. The zero-order valence-electron chi connectivity index (χ0n) is 9.58. The van der Waals surface area contributed by atoms with Crippen molar-refractivity contribution in [3.8, 4) is 0 Å². The highest BCUT2D eigenvalue weighted by Crippen LogP contribution is 2.27. The predicted molar refractivity (Wildman–Crippen MR) is 73.3 cm³/mol. The molecule has 0 aromatic heterocycles. The summed E-state index contributed by atoms with van der Waals surface area (Å²) in [5, 5.41) is 12.7. The monoisotopic (exact) mass is 333 g/mol. The minimum absolute atomic E-state index is 0.0152. The summed E-state index contributed by atoms with van der Waals surface area (Å²) in [5.74, 6) is 0.425. The maximum Gasteiger partial charge on any atom is 0.254 e. The molecule has 1 unspecified atom stereocenters. The van der Waals surface area contributed by atoms with Crippen LogP contribution in [0.5, 0.6) is 0 Å². The van der Waals surface area contributed by atoms with Crippen LogP contribution in [0.4, 0.5) is 4.39 Å². The van der Waals surface area contributed by atoms with E-state index in [1.165, 1.54) is 18.2 Å². The van der Waals surface area contributed by atoms with Gasteiger partial charge in [0.05, 0.1) is 11.2 Å². The summed E-state index contributed by atoms with van der Waals surface area (Å²) >= 11 is 4.84. The third-order valence-electron chi connectivity index (χ3n) is 2.83. The Labute approximate surface area is 117 Å². The zero-order valence-corrected chi connectivity index (χ0v) is 12.0. The molecule has 1 aliphatic heterocycles. The maximum absolute atomic E-state index is 13.5. The lowest BCUT2D eigenvalue weighted by molar-refractivity contribution is 0.0611. The zero-order chi connectivity index (χ0) is 13.2. The average molecular weight is 334 g/mol. The second-order valence-electron chi connectivity index (χ2n) is 4.33. The number of carbonyl (C=O) groups is 1. The molecule has 0 spiro atoms. The molecule has 2 rings (SSSR count). The molecule has 1 fully saturated rings. The number of carbonyl (C=O) groups excluding carboxylic acids is 1. The van der Waals surface area contributed by atoms with Gasteiger partial charge in [-0.2, -0.15) is 11.8 Å². The van der Waals surface area contributed by atoms with E-state index in [1.54, 1.807) is 11.8 Å². The van der Waals surface area contributed by atoms with Crippen molar-refractivity contribution in [1.82, 2.24) is 5.32 Å². The minimum Gasteiger partial charge on any atom is -0.387 e. The van der Waals surface area contributed by atoms with Gasteiger partial charge in [0.15, 0.2) is 0 Å². The van der Waals surface area contributed by atoms with E-state index in [-0.39, 0.29) is 12.1 Å². The Morgan fingerprint density at radius 1 is 1.61 bits per heavy atom. The van der Waals surface area contributed by atoms with Crippen molar-refractivity contribution in [2.45, 2.75) is 12.0 Å². The predicted octanol–water partition coefficient (Wildman–Crippen LogP) is 2.19. The molecule has 2 N–H and O–H groups in total. The normalized spacial score (nSPS) is 23.1. The standard InChI is InChI=1S/C12H13BrFNO2S/c13-8-1-2-10(14)9(5-8)11(16)15-6-12(17)3-4-18-7-12/h1-2,5,17H,3-4,6-7H2,(H,15,16). The van der Waals surface area contributed by atoms with Gasteiger partial charge in [-0.25, -0.2) is 4.39 Å². The fourth-order valence-electron chi connectivity index (χ4n) is 1.75. The van der Waals surface area contributed by atoms with Crippen LogP contribution in [-0.2, 0) is 0 Å². The van der Waals surface area contributed by atoms with Crippen LogP contribution in [0.2, 0.25) is 0 Å². The molecule has 6 heteroatoms. The molecule has 3 nitrogen and oxygen atoms in total. The van der Waals surface area contributed by atoms with Crippen molar-refractivity contribution >= 4 is 33.6 Å². The summed E-state index contributed by atoms with van der Waals surface area (Å²) in [7, 11) is 0. The Bertz CT molecular complexity index is 463. The van der Waals surface area contributed by atoms with E-state index < -0.39 is 17.3 Å². The Morgan fingerprint density at radius 2 is 2.39 bits per heavy atom. The van der Waals surface area contributed by atoms with Crippen LogP contribution in [0, 0.1) is 5.82 Å². The van der Waals surface area contributed by atoms with E-state index in [2.05, 4.69) is 21.2 Å². The van der Waals surface area contributed by atoms with Gasteiger partial charge in [0.2, 0.25) is 0 Å². The van der Waals surface area contributed by atoms with Gasteiger partial charge in [0.25, 0.3) is 5.91 Å². The summed E-state index contributed by atoms with van der Waals surface area (Å²) in [6, 6.07) is 4.20. The fraction of sp³-hybridized carbons (Fsp3) is 0.417. The third-order valence-corrected chi connectivity index (χ3v) is 4.56. The highest BCUT2D eigenvalue weighted by atomic mass is 79.9. The van der Waals surface area contributed by atoms with Gasteiger partial charge in [-0.15, -0.1) is 0 Å². The third kappa shape index (κ3) is 3.24. The van der Waals surface area contributed by atoms with Crippen LogP contribution in [-0.4, -0.2) is 34.7 Å². The van der Waals surface area contributed by atoms with Crippen LogP contribution in [0.3, 0.4) is 0 Å². The first-order valence-electron chi connectivity index (χ1n) is 5.54. The van der Waals surface area contributed by atoms with Gasteiger partial charge in [0.1, 0.15) is 5.82 Å². The van der Waals surface area contributed by atoms with E-state index in [0.29, 0.717) is 16.6 Å². The van der Waals surface area contributed by atoms with E-state index >= 15 is 0 Å². The molecule has 1 aromatic rings. The van der Waals surface area contributed by atoms with Gasteiger partial charge in [-0.1, -0.05) is 15.9 Å². The SMILES string of the molecule is O=C(NCC1(O)CCSC1)c1cc(Br)ccc1F. The first-order valence-corrected chi connectivity index (χ1v) is 7.48. The summed E-state index contributed by atoms with van der Waals surface area (Å²) in [4.78, 5) is 11.8. The lowest BCUT2D eigenvalue weighted by atomic mass is 10.0. The number of thioether (sulfide) groups is 1. The van der Waals surface area contributed by atoms with Crippen molar-refractivity contribution in [2.75, 3.05) is 18.1 Å². The van der Waals surface area contributed by atoms with Crippen LogP contribution in [0.1, 0.15) is 16.8 Å². The Kier molecular flexibility index (Phi) is 4.29. The number of halogens is 2. The Morgan fingerprint density at radius 3 is 3.06 bits per heavy atom. The average Bonchev–Trinajstić information content (AvgIpc) is 2.77. The first kappa shape index (κ1) is 13.8. The molecule has 18 heavy (non-hydrogen) atoms. The van der Waals surface area contributed by atoms with Crippen molar-refractivity contribution < 1.29 is 14.3 Å². The lowest BCUT2D eigenvalue weighted by Crippen LogP contribution is -2.43. The molecule has 0 aliphatic carbocycles. The van der Waals surface area contributed by atoms with Crippen molar-refractivity contribution in [3.63, 3.8) is 0 Å². The number of rotatable bonds is 3. The van der Waals surface area contributed by atoms with Gasteiger partial charge < -0.3 is 10.4 Å². The van der Waals surface area contributed by atoms with Crippen molar-refractivity contribution in [2.24, 2.45) is 0 Å². The van der Waals surface area contributed by atoms with Gasteiger partial charge in [0, 0.05) is 16.8 Å². The van der Waals surface area contributed by atoms with Crippen molar-refractivity contribution in [1.29, 1.82) is 0 Å². The Hall–Kier alpha value is -0.590. The lowest BCUT2D eigenvalue weighted by Gasteiger charge is -2.21. The smallest absolute Gasteiger partial charge is 0.254 e. The second-order valence-corrected chi connectivity index (χ2v) is 6.35. The summed E-state index contributed by atoms with van der Waals surface area (Å²) in [6.45, 7) is 0.158. The second kappa shape index (κ2) is 5.59. The number of hydrogen-bond donors (Lipinski definition) is 2. The van der Waals surface area contributed by atoms with Gasteiger partial charge in [-0.3, -0.25) is 4.79 Å². The molecule has 0 radical (unpaired) electrons. The molecule has 1 aliphatic rings. The molecular weight excluding hydrogens is 321 g/mol. The summed E-state index contributed by atoms with van der Waals surface area (Å²) < 4.78 is 14.1. The molecule has 0 bridgehead atoms. The highest BCUT2D eigenvalue weighted by molar-refractivity contribution is 9.10. The van der Waals surface area contributed by atoms with E-state index in [1.807, 2.05) is 0 Å². The number of hydrogen-bond acceptors (Lipinski definition) is 3. The van der Waals surface area contributed by atoms with E-state index in [0.717, 1.165) is 5.75 Å². The number of benzene rings is 1. The van der Waals surface area contributed by atoms with Crippen LogP contribution >= 0.6 is 27.7 Å². The largest absolute Gasteiger partial charge is 0.387 e. The van der Waals surface area contributed by atoms with Crippen LogP contribution in [0.25, 0.3) is 0 Å². The van der Waals surface area contributed by atoms with Gasteiger partial charge >= 0.3 is 0 Å². The number of nitrogens with one attached hydrogen (secondary N) is 1. The topological polar surface area (TPSA) is 49.3 Å². The van der Waals surface area contributed by atoms with E-state index in [4.69, 9.17) is 0 Å². The number of aliphatic hydroxyl groups is 1. The number of amides is 1. The quantitative estimate of drug-likeness (QED) is 0.891. The molecule has 1 saturated heterocycles. The maximum atomic E-state index is 13.5. The molecule has 98 valence electrons.